The smallest absolute Gasteiger partial charge is 0.313 e. The Hall–Kier alpha value is -0.670. The van der Waals surface area contributed by atoms with Crippen molar-refractivity contribution >= 4 is 29.3 Å². The van der Waals surface area contributed by atoms with Crippen LogP contribution in [-0.2, 0) is 9.53 Å². The fraction of sp³-hybridized carbons (Fsp3) is 0.562. The third kappa shape index (κ3) is 3.70. The maximum Gasteiger partial charge on any atom is 0.313 e. The molecule has 0 bridgehead atoms. The van der Waals surface area contributed by atoms with E-state index in [9.17, 15) is 4.79 Å². The van der Waals surface area contributed by atoms with Crippen molar-refractivity contribution in [1.29, 1.82) is 0 Å². The maximum atomic E-state index is 12.1. The lowest BCUT2D eigenvalue weighted by Crippen LogP contribution is -2.17. The van der Waals surface area contributed by atoms with Crippen molar-refractivity contribution in [2.24, 2.45) is 5.92 Å². The number of carbonyl (C=O) groups excluding carboxylic acids is 1. The molecule has 0 spiro atoms. The van der Waals surface area contributed by atoms with Crippen LogP contribution in [0.1, 0.15) is 43.6 Å². The normalized spacial score (nSPS) is 17.1. The molecule has 1 unspecified atom stereocenters. The second-order valence-electron chi connectivity index (χ2n) is 5.36. The quantitative estimate of drug-likeness (QED) is 0.571. The van der Waals surface area contributed by atoms with Crippen LogP contribution in [0.4, 0.5) is 0 Å². The topological polar surface area (TPSA) is 26.3 Å². The fourth-order valence-electron chi connectivity index (χ4n) is 2.99. The lowest BCUT2D eigenvalue weighted by molar-refractivity contribution is -0.142. The van der Waals surface area contributed by atoms with Gasteiger partial charge in [-0.15, -0.1) is 11.8 Å². The van der Waals surface area contributed by atoms with Crippen LogP contribution in [-0.4, -0.2) is 19.3 Å². The van der Waals surface area contributed by atoms with Gasteiger partial charge in [0.2, 0.25) is 0 Å². The fourth-order valence-corrected chi connectivity index (χ4v) is 3.87. The van der Waals surface area contributed by atoms with Crippen molar-refractivity contribution in [2.45, 2.75) is 42.9 Å². The van der Waals surface area contributed by atoms with Gasteiger partial charge in [0, 0.05) is 4.90 Å². The average Bonchev–Trinajstić information content (AvgIpc) is 2.97. The number of carbonyl (C=O) groups is 1. The van der Waals surface area contributed by atoms with E-state index in [4.69, 9.17) is 16.3 Å². The Labute approximate surface area is 130 Å². The van der Waals surface area contributed by atoms with E-state index in [1.165, 1.54) is 32.8 Å². The summed E-state index contributed by atoms with van der Waals surface area (Å²) in [7, 11) is 1.46. The molecular weight excluding hydrogens is 292 g/mol. The Balaban J connectivity index is 2.21. The van der Waals surface area contributed by atoms with Crippen molar-refractivity contribution < 1.29 is 9.53 Å². The molecule has 1 aliphatic rings. The molecule has 0 saturated heterocycles. The maximum absolute atomic E-state index is 12.1. The van der Waals surface area contributed by atoms with Gasteiger partial charge in [-0.25, -0.2) is 0 Å². The largest absolute Gasteiger partial charge is 0.469 e. The van der Waals surface area contributed by atoms with Gasteiger partial charge in [-0.2, -0.15) is 0 Å². The summed E-state index contributed by atoms with van der Waals surface area (Å²) < 4.78 is 4.99. The van der Waals surface area contributed by atoms with E-state index in [0.29, 0.717) is 5.92 Å². The van der Waals surface area contributed by atoms with Gasteiger partial charge >= 0.3 is 5.97 Å². The standard InChI is InChI=1S/C16H21ClO2S/c1-19-16(18)13(9-11-5-3-4-6-11)12-7-8-15(20-2)14(17)10-12/h7-8,10-11,13H,3-6,9H2,1-2H3. The number of benzene rings is 1. The summed E-state index contributed by atoms with van der Waals surface area (Å²) in [6, 6.07) is 5.92. The van der Waals surface area contributed by atoms with Crippen LogP contribution < -0.4 is 0 Å². The Morgan fingerprint density at radius 1 is 1.45 bits per heavy atom. The summed E-state index contributed by atoms with van der Waals surface area (Å²) in [6.45, 7) is 0. The van der Waals surface area contributed by atoms with Gasteiger partial charge in [-0.3, -0.25) is 4.79 Å². The molecule has 1 aromatic rings. The summed E-state index contributed by atoms with van der Waals surface area (Å²) in [5.41, 5.74) is 0.978. The highest BCUT2D eigenvalue weighted by Crippen LogP contribution is 2.36. The molecule has 1 saturated carbocycles. The molecule has 110 valence electrons. The van der Waals surface area contributed by atoms with Crippen LogP contribution in [0.3, 0.4) is 0 Å². The molecule has 2 rings (SSSR count). The number of ether oxygens (including phenoxy) is 1. The minimum absolute atomic E-state index is 0.148. The third-order valence-electron chi connectivity index (χ3n) is 4.11. The number of esters is 1. The first-order valence-corrected chi connectivity index (χ1v) is 8.67. The third-order valence-corrected chi connectivity index (χ3v) is 5.33. The summed E-state index contributed by atoms with van der Waals surface area (Å²) in [6.07, 6.45) is 7.89. The predicted octanol–water partition coefficient (Wildman–Crippen LogP) is 4.90. The van der Waals surface area contributed by atoms with E-state index in [2.05, 4.69) is 0 Å². The molecule has 1 aliphatic carbocycles. The Bertz CT molecular complexity index is 470. The number of hydrogen-bond donors (Lipinski definition) is 0. The molecule has 0 radical (unpaired) electrons. The van der Waals surface area contributed by atoms with Crippen LogP contribution in [0.15, 0.2) is 23.1 Å². The van der Waals surface area contributed by atoms with E-state index >= 15 is 0 Å². The highest BCUT2D eigenvalue weighted by molar-refractivity contribution is 7.98. The second-order valence-corrected chi connectivity index (χ2v) is 6.61. The van der Waals surface area contributed by atoms with Crippen LogP contribution in [0, 0.1) is 5.92 Å². The number of rotatable bonds is 5. The first-order chi connectivity index (χ1) is 9.65. The SMILES string of the molecule is COC(=O)C(CC1CCCC1)c1ccc(SC)c(Cl)c1. The van der Waals surface area contributed by atoms with E-state index in [0.717, 1.165) is 21.9 Å². The number of methoxy groups -OCH3 is 1. The van der Waals surface area contributed by atoms with Gasteiger partial charge < -0.3 is 4.74 Å². The van der Waals surface area contributed by atoms with Crippen LogP contribution in [0.2, 0.25) is 5.02 Å². The molecule has 0 aromatic heterocycles. The van der Waals surface area contributed by atoms with Crippen LogP contribution in [0.5, 0.6) is 0 Å². The van der Waals surface area contributed by atoms with E-state index in [1.54, 1.807) is 11.8 Å². The van der Waals surface area contributed by atoms with Crippen molar-refractivity contribution in [3.63, 3.8) is 0 Å². The lowest BCUT2D eigenvalue weighted by atomic mass is 9.88. The molecule has 0 amide bonds. The van der Waals surface area contributed by atoms with E-state index in [-0.39, 0.29) is 11.9 Å². The number of hydrogen-bond acceptors (Lipinski definition) is 3. The number of thioether (sulfide) groups is 1. The molecule has 0 N–H and O–H groups in total. The molecule has 2 nitrogen and oxygen atoms in total. The Morgan fingerprint density at radius 2 is 2.15 bits per heavy atom. The highest BCUT2D eigenvalue weighted by Gasteiger charge is 2.27. The van der Waals surface area contributed by atoms with Crippen molar-refractivity contribution in [2.75, 3.05) is 13.4 Å². The zero-order valence-electron chi connectivity index (χ0n) is 12.0. The van der Waals surface area contributed by atoms with Gasteiger partial charge in [0.15, 0.2) is 0 Å². The highest BCUT2D eigenvalue weighted by atomic mass is 35.5. The van der Waals surface area contributed by atoms with Gasteiger partial charge in [-0.05, 0) is 36.3 Å². The van der Waals surface area contributed by atoms with Crippen molar-refractivity contribution in [3.05, 3.63) is 28.8 Å². The summed E-state index contributed by atoms with van der Waals surface area (Å²) in [4.78, 5) is 13.1. The van der Waals surface area contributed by atoms with Gasteiger partial charge in [0.25, 0.3) is 0 Å². The van der Waals surface area contributed by atoms with E-state index < -0.39 is 0 Å². The summed E-state index contributed by atoms with van der Waals surface area (Å²) >= 11 is 7.88. The molecular formula is C16H21ClO2S. The molecule has 0 heterocycles. The summed E-state index contributed by atoms with van der Waals surface area (Å²) in [5.74, 6) is 0.305. The molecule has 1 fully saturated rings. The average molecular weight is 313 g/mol. The monoisotopic (exact) mass is 312 g/mol. The minimum Gasteiger partial charge on any atom is -0.469 e. The van der Waals surface area contributed by atoms with Crippen LogP contribution in [0.25, 0.3) is 0 Å². The Kier molecular flexibility index (Phi) is 5.79. The van der Waals surface area contributed by atoms with Gasteiger partial charge in [-0.1, -0.05) is 43.4 Å². The molecule has 1 atom stereocenters. The predicted molar refractivity (Wildman–Crippen MR) is 84.6 cm³/mol. The van der Waals surface area contributed by atoms with Crippen LogP contribution >= 0.6 is 23.4 Å². The molecule has 20 heavy (non-hydrogen) atoms. The zero-order valence-corrected chi connectivity index (χ0v) is 13.6. The van der Waals surface area contributed by atoms with Gasteiger partial charge in [0.1, 0.15) is 0 Å². The Morgan fingerprint density at radius 3 is 2.70 bits per heavy atom. The second kappa shape index (κ2) is 7.37. The minimum atomic E-state index is -0.184. The molecule has 0 aliphatic heterocycles. The first-order valence-electron chi connectivity index (χ1n) is 7.07. The zero-order chi connectivity index (χ0) is 14.5. The number of halogens is 1. The summed E-state index contributed by atoms with van der Waals surface area (Å²) in [5, 5.41) is 0.718. The molecule has 4 heteroatoms. The van der Waals surface area contributed by atoms with E-state index in [1.807, 2.05) is 24.5 Å². The van der Waals surface area contributed by atoms with Crippen molar-refractivity contribution in [3.8, 4) is 0 Å². The lowest BCUT2D eigenvalue weighted by Gasteiger charge is -2.19. The first kappa shape index (κ1) is 15.7. The van der Waals surface area contributed by atoms with Gasteiger partial charge in [0.05, 0.1) is 18.1 Å². The van der Waals surface area contributed by atoms with Crippen molar-refractivity contribution in [1.82, 2.24) is 0 Å². The molecule has 1 aromatic carbocycles.